The van der Waals surface area contributed by atoms with E-state index in [1.54, 1.807) is 19.4 Å². The number of urea groups is 1. The minimum Gasteiger partial charge on any atom is -0.341 e. The number of hydrogen-bond donors (Lipinski definition) is 3. The van der Waals surface area contributed by atoms with Crippen LogP contribution in [0.25, 0.3) is 16.9 Å². The minimum atomic E-state index is -0.263. The number of rotatable bonds is 1. The second-order valence-corrected chi connectivity index (χ2v) is 5.15. The first-order valence-corrected chi connectivity index (χ1v) is 6.87. The van der Waals surface area contributed by atoms with Gasteiger partial charge in [-0.3, -0.25) is 9.20 Å². The van der Waals surface area contributed by atoms with E-state index in [1.165, 1.54) is 0 Å². The third kappa shape index (κ3) is 1.72. The van der Waals surface area contributed by atoms with Gasteiger partial charge < -0.3 is 15.6 Å². The van der Waals surface area contributed by atoms with Crippen molar-refractivity contribution in [3.05, 3.63) is 52.2 Å². The van der Waals surface area contributed by atoms with Crippen molar-refractivity contribution in [3.8, 4) is 11.3 Å². The maximum atomic E-state index is 12.1. The molecule has 0 fully saturated rings. The molecule has 1 aromatic carbocycles. The highest BCUT2D eigenvalue weighted by atomic mass is 16.2. The first-order chi connectivity index (χ1) is 10.7. The van der Waals surface area contributed by atoms with Crippen LogP contribution >= 0.6 is 0 Å². The number of aromatic amines is 1. The molecule has 0 bridgehead atoms. The molecule has 2 amide bonds. The zero-order valence-corrected chi connectivity index (χ0v) is 11.8. The summed E-state index contributed by atoms with van der Waals surface area (Å²) >= 11 is 0. The fourth-order valence-corrected chi connectivity index (χ4v) is 2.88. The quantitative estimate of drug-likeness (QED) is 0.495. The number of imidazole rings is 1. The van der Waals surface area contributed by atoms with Gasteiger partial charge in [-0.15, -0.1) is 0 Å². The predicted octanol–water partition coefficient (Wildman–Crippen LogP) is 1.35. The highest BCUT2D eigenvalue weighted by Crippen LogP contribution is 2.35. The largest absolute Gasteiger partial charge is 0.341 e. The topological polar surface area (TPSA) is 91.3 Å². The minimum absolute atomic E-state index is 0.204. The zero-order chi connectivity index (χ0) is 15.3. The molecule has 2 heterocycles. The van der Waals surface area contributed by atoms with Crippen molar-refractivity contribution in [1.82, 2.24) is 19.7 Å². The van der Waals surface area contributed by atoms with Gasteiger partial charge in [0.15, 0.2) is 0 Å². The van der Waals surface area contributed by atoms with Gasteiger partial charge in [0.1, 0.15) is 0 Å². The van der Waals surface area contributed by atoms with E-state index in [4.69, 9.17) is 0 Å². The lowest BCUT2D eigenvalue weighted by Crippen LogP contribution is -2.24. The summed E-state index contributed by atoms with van der Waals surface area (Å²) in [4.78, 5) is 30.4. The second kappa shape index (κ2) is 4.45. The highest BCUT2D eigenvalue weighted by molar-refractivity contribution is 5.90. The van der Waals surface area contributed by atoms with Crippen molar-refractivity contribution in [1.29, 1.82) is 0 Å². The normalized spacial score (nSPS) is 12.0. The molecule has 1 aliphatic rings. The number of anilines is 1. The maximum Gasteiger partial charge on any atom is 0.318 e. The van der Waals surface area contributed by atoms with Crippen molar-refractivity contribution in [2.45, 2.75) is 6.42 Å². The van der Waals surface area contributed by atoms with E-state index in [1.807, 2.05) is 22.6 Å². The van der Waals surface area contributed by atoms with Crippen LogP contribution in [-0.4, -0.2) is 27.4 Å². The fourth-order valence-electron chi connectivity index (χ4n) is 2.88. The second-order valence-electron chi connectivity index (χ2n) is 5.15. The lowest BCUT2D eigenvalue weighted by atomic mass is 10.1. The molecule has 4 rings (SSSR count). The van der Waals surface area contributed by atoms with Gasteiger partial charge in [-0.05, 0) is 17.7 Å². The summed E-state index contributed by atoms with van der Waals surface area (Å²) in [6, 6.07) is 5.39. The average Bonchev–Trinajstić information content (AvgIpc) is 3.11. The van der Waals surface area contributed by atoms with E-state index in [2.05, 4.69) is 20.6 Å². The van der Waals surface area contributed by atoms with Crippen LogP contribution in [0, 0.1) is 0 Å². The van der Waals surface area contributed by atoms with Crippen molar-refractivity contribution in [3.63, 3.8) is 0 Å². The van der Waals surface area contributed by atoms with E-state index in [0.29, 0.717) is 12.1 Å². The van der Waals surface area contributed by atoms with E-state index in [9.17, 15) is 9.59 Å². The van der Waals surface area contributed by atoms with E-state index >= 15 is 0 Å². The zero-order valence-electron chi connectivity index (χ0n) is 11.8. The Morgan fingerprint density at radius 2 is 2.27 bits per heavy atom. The molecule has 0 saturated carbocycles. The van der Waals surface area contributed by atoms with Gasteiger partial charge >= 0.3 is 6.03 Å². The number of carbonyl (C=O) groups excluding carboxylic acids is 1. The summed E-state index contributed by atoms with van der Waals surface area (Å²) in [5.74, 6) is 0. The molecule has 0 aliphatic heterocycles. The Labute approximate surface area is 125 Å². The van der Waals surface area contributed by atoms with E-state index < -0.39 is 0 Å². The number of aromatic nitrogens is 3. The Kier molecular flexibility index (Phi) is 2.56. The van der Waals surface area contributed by atoms with Crippen LogP contribution in [0.5, 0.6) is 0 Å². The molecule has 3 aromatic rings. The molecule has 0 unspecified atom stereocenters. The van der Waals surface area contributed by atoms with Crippen molar-refractivity contribution in [2.24, 2.45) is 0 Å². The average molecular weight is 295 g/mol. The number of amides is 2. The molecule has 2 aromatic heterocycles. The van der Waals surface area contributed by atoms with Crippen LogP contribution in [0.1, 0.15) is 11.3 Å². The first-order valence-electron chi connectivity index (χ1n) is 6.87. The molecule has 0 saturated heterocycles. The summed E-state index contributed by atoms with van der Waals surface area (Å²) in [6.45, 7) is 0. The molecule has 7 nitrogen and oxygen atoms in total. The molecule has 22 heavy (non-hydrogen) atoms. The predicted molar refractivity (Wildman–Crippen MR) is 82.1 cm³/mol. The molecule has 0 atom stereocenters. The Balaban J connectivity index is 1.84. The van der Waals surface area contributed by atoms with Gasteiger partial charge in [-0.1, -0.05) is 6.07 Å². The first kappa shape index (κ1) is 12.6. The lowest BCUT2D eigenvalue weighted by Gasteiger charge is -2.06. The van der Waals surface area contributed by atoms with E-state index in [0.717, 1.165) is 28.2 Å². The molecule has 0 spiro atoms. The Bertz CT molecular complexity index is 970. The third-order valence-electron chi connectivity index (χ3n) is 3.88. The summed E-state index contributed by atoms with van der Waals surface area (Å²) in [7, 11) is 1.57. The fraction of sp³-hybridized carbons (Fsp3) is 0.133. The SMILES string of the molecule is CNC(=O)Nc1ccc2c(c1)Cc1c-2[nH]c(=O)c2nccn12. The third-order valence-corrected chi connectivity index (χ3v) is 3.88. The standard InChI is InChI=1S/C15H13N5O2/c1-16-15(22)18-9-2-3-10-8(6-9)7-11-12(10)19-14(21)13-17-4-5-20(11)13/h2-6H,7H2,1H3,(H,19,21)(H2,16,18,22). The number of H-pyrrole nitrogens is 1. The Morgan fingerprint density at radius 3 is 3.09 bits per heavy atom. The number of benzene rings is 1. The summed E-state index contributed by atoms with van der Waals surface area (Å²) in [6.07, 6.45) is 4.09. The van der Waals surface area contributed by atoms with Gasteiger partial charge in [-0.2, -0.15) is 0 Å². The van der Waals surface area contributed by atoms with Gasteiger partial charge in [-0.25, -0.2) is 9.78 Å². The van der Waals surface area contributed by atoms with Gasteiger partial charge in [0.2, 0.25) is 5.65 Å². The number of nitrogens with zero attached hydrogens (tertiary/aromatic N) is 2. The molecule has 110 valence electrons. The molecular weight excluding hydrogens is 282 g/mol. The van der Waals surface area contributed by atoms with E-state index in [-0.39, 0.29) is 11.6 Å². The molecule has 1 aliphatic carbocycles. The molecule has 7 heteroatoms. The van der Waals surface area contributed by atoms with Gasteiger partial charge in [0.25, 0.3) is 5.56 Å². The monoisotopic (exact) mass is 295 g/mol. The number of hydrogen-bond acceptors (Lipinski definition) is 3. The Morgan fingerprint density at radius 1 is 1.41 bits per heavy atom. The number of fused-ring (bicyclic) bond motifs is 5. The molecular formula is C15H13N5O2. The van der Waals surface area contributed by atoms with Crippen molar-refractivity contribution < 1.29 is 4.79 Å². The van der Waals surface area contributed by atoms with Gasteiger partial charge in [0, 0.05) is 37.1 Å². The smallest absolute Gasteiger partial charge is 0.318 e. The van der Waals surface area contributed by atoms with Crippen LogP contribution in [0.15, 0.2) is 35.4 Å². The Hall–Kier alpha value is -3.09. The lowest BCUT2D eigenvalue weighted by molar-refractivity contribution is 0.254. The molecule has 3 N–H and O–H groups in total. The van der Waals surface area contributed by atoms with Gasteiger partial charge in [0.05, 0.1) is 11.4 Å². The maximum absolute atomic E-state index is 12.1. The van der Waals surface area contributed by atoms with Crippen molar-refractivity contribution >= 4 is 17.4 Å². The number of nitrogens with one attached hydrogen (secondary N) is 3. The van der Waals surface area contributed by atoms with Crippen LogP contribution < -0.4 is 16.2 Å². The number of carbonyl (C=O) groups is 1. The van der Waals surface area contributed by atoms with Crippen LogP contribution in [0.4, 0.5) is 10.5 Å². The van der Waals surface area contributed by atoms with Crippen LogP contribution in [0.3, 0.4) is 0 Å². The van der Waals surface area contributed by atoms with Crippen LogP contribution in [0.2, 0.25) is 0 Å². The summed E-state index contributed by atoms with van der Waals surface area (Å²) in [5, 5.41) is 5.27. The summed E-state index contributed by atoms with van der Waals surface area (Å²) in [5.41, 5.74) is 4.76. The van der Waals surface area contributed by atoms with Crippen molar-refractivity contribution in [2.75, 3.05) is 12.4 Å². The summed E-state index contributed by atoms with van der Waals surface area (Å²) < 4.78 is 1.82. The highest BCUT2D eigenvalue weighted by Gasteiger charge is 2.23. The van der Waals surface area contributed by atoms with Crippen LogP contribution in [-0.2, 0) is 6.42 Å². The molecule has 0 radical (unpaired) electrons.